The van der Waals surface area contributed by atoms with Crippen molar-refractivity contribution in [1.82, 2.24) is 20.5 Å². The van der Waals surface area contributed by atoms with Crippen LogP contribution < -0.4 is 15.5 Å². The van der Waals surface area contributed by atoms with Crippen molar-refractivity contribution in [2.75, 3.05) is 17.3 Å². The van der Waals surface area contributed by atoms with Gasteiger partial charge in [0.25, 0.3) is 11.8 Å². The molecule has 11 heteroatoms. The van der Waals surface area contributed by atoms with E-state index in [2.05, 4.69) is 25.8 Å². The Morgan fingerprint density at radius 1 is 1.19 bits per heavy atom. The van der Waals surface area contributed by atoms with Crippen LogP contribution in [-0.4, -0.2) is 56.7 Å². The molecule has 0 saturated heterocycles. The van der Waals surface area contributed by atoms with Crippen LogP contribution in [0.3, 0.4) is 0 Å². The first kappa shape index (κ1) is 24.7. The Kier molecular flexibility index (Phi) is 6.34. The van der Waals surface area contributed by atoms with E-state index in [1.807, 2.05) is 6.07 Å². The van der Waals surface area contributed by atoms with E-state index in [1.165, 1.54) is 16.2 Å². The summed E-state index contributed by atoms with van der Waals surface area (Å²) in [5, 5.41) is 23.2. The van der Waals surface area contributed by atoms with E-state index in [9.17, 15) is 19.5 Å². The number of H-pyrrole nitrogens is 2. The average Bonchev–Trinajstić information content (AvgIpc) is 3.22. The summed E-state index contributed by atoms with van der Waals surface area (Å²) >= 11 is 1.32. The lowest BCUT2D eigenvalue weighted by molar-refractivity contribution is -0.122. The Morgan fingerprint density at radius 3 is 2.65 bits per heavy atom. The number of thiophene rings is 1. The maximum atomic E-state index is 13.2. The maximum absolute atomic E-state index is 13.2. The number of hydrogen-bond acceptors (Lipinski definition) is 6. The lowest BCUT2D eigenvalue weighted by Crippen LogP contribution is -2.33. The van der Waals surface area contributed by atoms with E-state index in [0.29, 0.717) is 32.8 Å². The molecule has 1 fully saturated rings. The molecule has 0 atom stereocenters. The molecule has 3 aromatic heterocycles. The molecule has 3 amide bonds. The number of carbonyl (C=O) groups is 3. The monoisotopic (exact) mass is 520 g/mol. The van der Waals surface area contributed by atoms with Crippen molar-refractivity contribution in [3.05, 3.63) is 53.2 Å². The van der Waals surface area contributed by atoms with Gasteiger partial charge in [-0.3, -0.25) is 19.5 Å². The summed E-state index contributed by atoms with van der Waals surface area (Å²) in [7, 11) is 1.63. The number of aliphatic hydroxyl groups is 1. The number of aromatic nitrogens is 3. The smallest absolute Gasteiger partial charge is 0.266 e. The molecule has 1 aliphatic rings. The fourth-order valence-electron chi connectivity index (χ4n) is 4.02. The fraction of sp³-hybridized carbons (Fsp3) is 0.308. The van der Waals surface area contributed by atoms with Crippen LogP contribution in [0.5, 0.6) is 0 Å². The van der Waals surface area contributed by atoms with E-state index >= 15 is 0 Å². The number of rotatable bonds is 8. The van der Waals surface area contributed by atoms with Crippen molar-refractivity contribution in [3.8, 4) is 10.4 Å². The van der Waals surface area contributed by atoms with Crippen LogP contribution in [0.4, 0.5) is 11.5 Å². The predicted molar refractivity (Wildman–Crippen MR) is 143 cm³/mol. The second-order valence-corrected chi connectivity index (χ2v) is 11.0. The van der Waals surface area contributed by atoms with Gasteiger partial charge < -0.3 is 25.6 Å². The zero-order chi connectivity index (χ0) is 26.3. The number of nitrogens with one attached hydrogen (secondary N) is 4. The summed E-state index contributed by atoms with van der Waals surface area (Å²) in [6.07, 6.45) is 5.27. The molecule has 1 aromatic carbocycles. The van der Waals surface area contributed by atoms with Crippen LogP contribution in [0.1, 0.15) is 53.1 Å². The number of benzene rings is 1. The van der Waals surface area contributed by atoms with Crippen molar-refractivity contribution in [2.24, 2.45) is 0 Å². The number of fused-ring (bicyclic) bond motifs is 1. The van der Waals surface area contributed by atoms with Gasteiger partial charge in [0.2, 0.25) is 5.91 Å². The molecule has 0 radical (unpaired) electrons. The summed E-state index contributed by atoms with van der Waals surface area (Å²) in [5.74, 6) is -0.568. The van der Waals surface area contributed by atoms with E-state index in [4.69, 9.17) is 0 Å². The summed E-state index contributed by atoms with van der Waals surface area (Å²) in [5.41, 5.74) is 1.29. The van der Waals surface area contributed by atoms with Gasteiger partial charge in [0.15, 0.2) is 0 Å². The van der Waals surface area contributed by atoms with E-state index in [0.717, 1.165) is 23.3 Å². The van der Waals surface area contributed by atoms with Crippen molar-refractivity contribution in [3.63, 3.8) is 0 Å². The molecule has 5 rings (SSSR count). The topological polar surface area (TPSA) is 143 Å². The zero-order valence-corrected chi connectivity index (χ0v) is 21.5. The Hall–Kier alpha value is -3.96. The van der Waals surface area contributed by atoms with Crippen LogP contribution >= 0.6 is 11.3 Å². The summed E-state index contributed by atoms with van der Waals surface area (Å²) in [6.45, 7) is 3.16. The highest BCUT2D eigenvalue weighted by Gasteiger charge is 2.28. The minimum atomic E-state index is -1.13. The molecule has 0 aliphatic heterocycles. The molecular formula is C26H28N6O4S. The van der Waals surface area contributed by atoms with Crippen LogP contribution in [0.2, 0.25) is 0 Å². The number of carbonyl (C=O) groups excluding carboxylic acids is 3. The quantitative estimate of drug-likeness (QED) is 0.240. The summed E-state index contributed by atoms with van der Waals surface area (Å²) < 4.78 is 0. The first-order valence-corrected chi connectivity index (χ1v) is 12.8. The maximum Gasteiger partial charge on any atom is 0.266 e. The second kappa shape index (κ2) is 9.49. The van der Waals surface area contributed by atoms with Gasteiger partial charge in [-0.25, -0.2) is 0 Å². The minimum Gasteiger partial charge on any atom is -0.390 e. The van der Waals surface area contributed by atoms with Crippen LogP contribution in [0.15, 0.2) is 42.7 Å². The third-order valence-corrected chi connectivity index (χ3v) is 7.25. The van der Waals surface area contributed by atoms with Gasteiger partial charge in [0, 0.05) is 46.3 Å². The molecule has 37 heavy (non-hydrogen) atoms. The van der Waals surface area contributed by atoms with Gasteiger partial charge in [-0.2, -0.15) is 5.10 Å². The fourth-order valence-corrected chi connectivity index (χ4v) is 4.90. The van der Waals surface area contributed by atoms with E-state index < -0.39 is 5.60 Å². The number of anilines is 2. The van der Waals surface area contributed by atoms with E-state index in [1.54, 1.807) is 57.6 Å². The molecule has 192 valence electrons. The number of nitrogens with zero attached hydrogens (tertiary/aromatic N) is 2. The standard InChI is InChI=1S/C26H28N6O4S/c1-26(2,36)11-21(33)32(3)16-6-7-17-18(10-16)30-23(22(17)25(35)29-15-4-5-15)31-24(34)20-9-8-19(37-20)14-12-27-28-13-14/h6-10,12-13,15,30,36H,4-5,11H2,1-3H3,(H,27,28)(H,29,35)(H,31,34). The molecule has 5 N–H and O–H groups in total. The highest BCUT2D eigenvalue weighted by atomic mass is 32.1. The SMILES string of the molecule is CN(C(=O)CC(C)(C)O)c1ccc2c(C(=O)NC3CC3)c(NC(=O)c3ccc(-c4cn[nH]c4)s3)[nH]c2c1. The first-order chi connectivity index (χ1) is 17.6. The number of hydrogen-bond donors (Lipinski definition) is 5. The Balaban J connectivity index is 1.45. The van der Waals surface area contributed by atoms with Gasteiger partial charge in [-0.15, -0.1) is 11.3 Å². The highest BCUT2D eigenvalue weighted by molar-refractivity contribution is 7.17. The Morgan fingerprint density at radius 2 is 1.97 bits per heavy atom. The molecule has 10 nitrogen and oxygen atoms in total. The zero-order valence-electron chi connectivity index (χ0n) is 20.7. The lowest BCUT2D eigenvalue weighted by Gasteiger charge is -2.22. The highest BCUT2D eigenvalue weighted by Crippen LogP contribution is 2.33. The van der Waals surface area contributed by atoms with Crippen LogP contribution in [0.25, 0.3) is 21.3 Å². The molecule has 1 aliphatic carbocycles. The average molecular weight is 521 g/mol. The van der Waals surface area contributed by atoms with Gasteiger partial charge in [0.1, 0.15) is 5.82 Å². The van der Waals surface area contributed by atoms with Crippen LogP contribution in [-0.2, 0) is 4.79 Å². The summed E-state index contributed by atoms with van der Waals surface area (Å²) in [6, 6.07) is 8.98. The number of aromatic amines is 2. The van der Waals surface area contributed by atoms with Gasteiger partial charge >= 0.3 is 0 Å². The largest absolute Gasteiger partial charge is 0.390 e. The molecule has 3 heterocycles. The van der Waals surface area contributed by atoms with Gasteiger partial charge in [0.05, 0.1) is 28.7 Å². The number of amides is 3. The Labute approximate surface area is 217 Å². The third-order valence-electron chi connectivity index (χ3n) is 6.12. The second-order valence-electron chi connectivity index (χ2n) is 9.90. The van der Waals surface area contributed by atoms with Crippen molar-refractivity contribution >= 4 is 51.5 Å². The molecule has 4 aromatic rings. The minimum absolute atomic E-state index is 0.0375. The molecule has 1 saturated carbocycles. The normalized spacial score (nSPS) is 13.5. The van der Waals surface area contributed by atoms with Gasteiger partial charge in [-0.1, -0.05) is 0 Å². The van der Waals surface area contributed by atoms with E-state index in [-0.39, 0.29) is 30.2 Å². The third kappa shape index (κ3) is 5.42. The first-order valence-electron chi connectivity index (χ1n) is 11.9. The summed E-state index contributed by atoms with van der Waals surface area (Å²) in [4.78, 5) is 44.9. The van der Waals surface area contributed by atoms with Crippen molar-refractivity contribution in [2.45, 2.75) is 44.8 Å². The molecular weight excluding hydrogens is 492 g/mol. The lowest BCUT2D eigenvalue weighted by atomic mass is 10.0. The predicted octanol–water partition coefficient (Wildman–Crippen LogP) is 3.89. The van der Waals surface area contributed by atoms with Crippen molar-refractivity contribution < 1.29 is 19.5 Å². The molecule has 0 spiro atoms. The molecule has 0 bridgehead atoms. The molecule has 0 unspecified atom stereocenters. The van der Waals surface area contributed by atoms with Gasteiger partial charge in [-0.05, 0) is 57.0 Å². The van der Waals surface area contributed by atoms with Crippen molar-refractivity contribution in [1.29, 1.82) is 0 Å². The Bertz CT molecular complexity index is 1480. The van der Waals surface area contributed by atoms with Crippen LogP contribution in [0, 0.1) is 0 Å².